The molecule has 0 radical (unpaired) electrons. The fraction of sp³-hybridized carbons (Fsp3) is 0.556. The Hall–Kier alpha value is -0.230. The third kappa shape index (κ3) is 4.03. The average Bonchev–Trinajstić information content (AvgIpc) is 2.61. The minimum absolute atomic E-state index is 0.203. The number of hydrogen-bond donors (Lipinski definition) is 2. The molecule has 1 rings (SSSR count). The molecular weight excluding hydrogens is 244 g/mol. The van der Waals surface area contributed by atoms with Crippen LogP contribution in [0.2, 0.25) is 4.34 Å². The maximum absolute atomic E-state index is 12.7. The molecule has 0 aromatic carbocycles. The van der Waals surface area contributed by atoms with Crippen LogP contribution in [0.1, 0.15) is 18.5 Å². The minimum atomic E-state index is -3.08. The highest BCUT2D eigenvalue weighted by Crippen LogP contribution is 2.25. The Labute approximate surface area is 95.9 Å². The lowest BCUT2D eigenvalue weighted by Gasteiger charge is -2.18. The second kappa shape index (κ2) is 5.21. The molecule has 0 aliphatic rings. The van der Waals surface area contributed by atoms with Gasteiger partial charge in [0.25, 0.3) is 5.92 Å². The molecule has 86 valence electrons. The molecule has 1 aromatic rings. The second-order valence-electron chi connectivity index (χ2n) is 3.30. The molecule has 1 aromatic heterocycles. The van der Waals surface area contributed by atoms with Crippen LogP contribution >= 0.6 is 22.9 Å². The van der Waals surface area contributed by atoms with Gasteiger partial charge in [0, 0.05) is 6.04 Å². The Bertz CT molecular complexity index is 319. The number of halogens is 3. The summed E-state index contributed by atoms with van der Waals surface area (Å²) < 4.78 is 26.0. The van der Waals surface area contributed by atoms with Crippen LogP contribution in [0.15, 0.2) is 11.4 Å². The van der Waals surface area contributed by atoms with Gasteiger partial charge in [-0.1, -0.05) is 11.6 Å². The number of hydrogen-bond acceptors (Lipinski definition) is 3. The predicted molar refractivity (Wildman–Crippen MR) is 57.8 cm³/mol. The summed E-state index contributed by atoms with van der Waals surface area (Å²) in [5, 5.41) is 12.8. The van der Waals surface area contributed by atoms with Crippen LogP contribution in [0, 0.1) is 0 Å². The summed E-state index contributed by atoms with van der Waals surface area (Å²) in [5.41, 5.74) is 0.874. The van der Waals surface area contributed by atoms with Crippen LogP contribution in [0.4, 0.5) is 8.78 Å². The first-order valence-corrected chi connectivity index (χ1v) is 5.66. The molecule has 2 nitrogen and oxygen atoms in total. The molecular formula is C9H12ClF2NOS. The quantitative estimate of drug-likeness (QED) is 0.848. The fourth-order valence-electron chi connectivity index (χ4n) is 1.03. The Balaban J connectivity index is 2.46. The van der Waals surface area contributed by atoms with Crippen LogP contribution in [0.3, 0.4) is 0 Å². The summed E-state index contributed by atoms with van der Waals surface area (Å²) in [4.78, 5) is 0. The molecule has 1 heterocycles. The molecule has 15 heavy (non-hydrogen) atoms. The zero-order chi connectivity index (χ0) is 11.5. The van der Waals surface area contributed by atoms with Crippen LogP contribution in [-0.4, -0.2) is 24.2 Å². The Morgan fingerprint density at radius 3 is 2.80 bits per heavy atom. The summed E-state index contributed by atoms with van der Waals surface area (Å²) in [6.45, 7) is 0.0844. The van der Waals surface area contributed by atoms with Gasteiger partial charge in [0.05, 0.1) is 10.9 Å². The first-order valence-electron chi connectivity index (χ1n) is 4.40. The van der Waals surface area contributed by atoms with E-state index in [4.69, 9.17) is 16.7 Å². The summed E-state index contributed by atoms with van der Waals surface area (Å²) >= 11 is 7.08. The lowest BCUT2D eigenvalue weighted by molar-refractivity contribution is -0.0490. The zero-order valence-corrected chi connectivity index (χ0v) is 9.71. The highest BCUT2D eigenvalue weighted by Gasteiger charge is 2.27. The van der Waals surface area contributed by atoms with Crippen molar-refractivity contribution >= 4 is 22.9 Å². The third-order valence-corrected chi connectivity index (χ3v) is 3.10. The van der Waals surface area contributed by atoms with Gasteiger partial charge in [0.15, 0.2) is 0 Å². The summed E-state index contributed by atoms with van der Waals surface area (Å²) in [6.07, 6.45) is 0. The largest absolute Gasteiger partial charge is 0.390 e. The Kier molecular flexibility index (Phi) is 4.45. The highest BCUT2D eigenvalue weighted by molar-refractivity contribution is 7.14. The van der Waals surface area contributed by atoms with Gasteiger partial charge in [-0.15, -0.1) is 11.3 Å². The van der Waals surface area contributed by atoms with Gasteiger partial charge in [0.2, 0.25) is 0 Å². The molecule has 0 amide bonds. The van der Waals surface area contributed by atoms with E-state index >= 15 is 0 Å². The molecule has 0 aliphatic carbocycles. The van der Waals surface area contributed by atoms with Crippen LogP contribution in [0.5, 0.6) is 0 Å². The van der Waals surface area contributed by atoms with E-state index in [1.165, 1.54) is 11.3 Å². The van der Waals surface area contributed by atoms with Crippen molar-refractivity contribution in [1.29, 1.82) is 0 Å². The smallest absolute Gasteiger partial charge is 0.282 e. The molecule has 0 bridgehead atoms. The Morgan fingerprint density at radius 1 is 1.67 bits per heavy atom. The second-order valence-corrected chi connectivity index (χ2v) is 4.84. The van der Waals surface area contributed by atoms with Crippen molar-refractivity contribution in [2.75, 3.05) is 13.2 Å². The molecule has 6 heteroatoms. The van der Waals surface area contributed by atoms with Gasteiger partial charge < -0.3 is 10.4 Å². The van der Waals surface area contributed by atoms with Crippen molar-refractivity contribution in [1.82, 2.24) is 5.32 Å². The lowest BCUT2D eigenvalue weighted by Crippen LogP contribution is -2.36. The molecule has 1 unspecified atom stereocenters. The third-order valence-electron chi connectivity index (χ3n) is 1.99. The number of rotatable bonds is 5. The minimum Gasteiger partial charge on any atom is -0.390 e. The van der Waals surface area contributed by atoms with E-state index in [0.29, 0.717) is 4.34 Å². The number of aliphatic hydroxyl groups excluding tert-OH is 1. The number of nitrogens with one attached hydrogen (secondary N) is 1. The topological polar surface area (TPSA) is 32.3 Å². The SMILES string of the molecule is CC(NCC(F)(F)CO)c1csc(Cl)c1. The van der Waals surface area contributed by atoms with Crippen molar-refractivity contribution in [3.05, 3.63) is 21.3 Å². The molecule has 0 saturated carbocycles. The van der Waals surface area contributed by atoms with E-state index in [0.717, 1.165) is 5.56 Å². The first-order chi connectivity index (χ1) is 6.94. The lowest BCUT2D eigenvalue weighted by atomic mass is 10.2. The maximum Gasteiger partial charge on any atom is 0.282 e. The number of thiophene rings is 1. The fourth-order valence-corrected chi connectivity index (χ4v) is 2.01. The van der Waals surface area contributed by atoms with Crippen molar-refractivity contribution < 1.29 is 13.9 Å². The average molecular weight is 256 g/mol. The monoisotopic (exact) mass is 255 g/mol. The molecule has 0 fully saturated rings. The van der Waals surface area contributed by atoms with Gasteiger partial charge >= 0.3 is 0 Å². The van der Waals surface area contributed by atoms with Crippen LogP contribution < -0.4 is 5.32 Å². The van der Waals surface area contributed by atoms with E-state index in [9.17, 15) is 8.78 Å². The summed E-state index contributed by atoms with van der Waals surface area (Å²) in [6, 6.07) is 1.53. The van der Waals surface area contributed by atoms with Crippen LogP contribution in [-0.2, 0) is 0 Å². The number of aliphatic hydroxyl groups is 1. The van der Waals surface area contributed by atoms with Crippen LogP contribution in [0.25, 0.3) is 0 Å². The van der Waals surface area contributed by atoms with Gasteiger partial charge in [0.1, 0.15) is 6.61 Å². The molecule has 0 spiro atoms. The summed E-state index contributed by atoms with van der Waals surface area (Å²) in [7, 11) is 0. The predicted octanol–water partition coefficient (Wildman–Crippen LogP) is 2.68. The van der Waals surface area contributed by atoms with E-state index in [1.54, 1.807) is 13.0 Å². The zero-order valence-electron chi connectivity index (χ0n) is 8.14. The van der Waals surface area contributed by atoms with Crippen molar-refractivity contribution in [3.63, 3.8) is 0 Å². The summed E-state index contributed by atoms with van der Waals surface area (Å²) in [5.74, 6) is -3.08. The molecule has 0 saturated heterocycles. The highest BCUT2D eigenvalue weighted by atomic mass is 35.5. The van der Waals surface area contributed by atoms with Gasteiger partial charge in [-0.3, -0.25) is 0 Å². The normalized spacial score (nSPS) is 14.2. The first kappa shape index (κ1) is 12.8. The molecule has 2 N–H and O–H groups in total. The number of alkyl halides is 2. The van der Waals surface area contributed by atoms with Gasteiger partial charge in [-0.05, 0) is 23.9 Å². The standard InChI is InChI=1S/C9H12ClF2NOS/c1-6(7-2-8(10)15-3-7)13-4-9(11,12)5-14/h2-3,6,13-14H,4-5H2,1H3. The van der Waals surface area contributed by atoms with E-state index < -0.39 is 19.1 Å². The molecule has 0 aliphatic heterocycles. The van der Waals surface area contributed by atoms with E-state index in [1.807, 2.05) is 5.38 Å². The van der Waals surface area contributed by atoms with Crippen molar-refractivity contribution in [3.8, 4) is 0 Å². The maximum atomic E-state index is 12.7. The Morgan fingerprint density at radius 2 is 2.33 bits per heavy atom. The van der Waals surface area contributed by atoms with Gasteiger partial charge in [-0.2, -0.15) is 0 Å². The van der Waals surface area contributed by atoms with Gasteiger partial charge in [-0.25, -0.2) is 8.78 Å². The molecule has 1 atom stereocenters. The van der Waals surface area contributed by atoms with Crippen molar-refractivity contribution in [2.45, 2.75) is 18.9 Å². The van der Waals surface area contributed by atoms with E-state index in [2.05, 4.69) is 5.32 Å². The van der Waals surface area contributed by atoms with Crippen molar-refractivity contribution in [2.24, 2.45) is 0 Å². The van der Waals surface area contributed by atoms with E-state index in [-0.39, 0.29) is 6.04 Å².